The highest BCUT2D eigenvalue weighted by Gasteiger charge is 2.34. The Labute approximate surface area is 163 Å². The van der Waals surface area contributed by atoms with E-state index in [1.807, 2.05) is 13.1 Å². The summed E-state index contributed by atoms with van der Waals surface area (Å²) in [6.45, 7) is 5.49. The molecule has 0 amide bonds. The maximum atomic E-state index is 5.36. The van der Waals surface area contributed by atoms with Crippen molar-refractivity contribution in [2.75, 3.05) is 46.9 Å². The average Bonchev–Trinajstić information content (AvgIpc) is 3.47. The lowest BCUT2D eigenvalue weighted by atomic mass is 9.99. The predicted octanol–water partition coefficient (Wildman–Crippen LogP) is 2.84. The van der Waals surface area contributed by atoms with Gasteiger partial charge in [-0.05, 0) is 61.4 Å². The highest BCUT2D eigenvalue weighted by Crippen LogP contribution is 2.31. The van der Waals surface area contributed by atoms with Gasteiger partial charge >= 0.3 is 0 Å². The van der Waals surface area contributed by atoms with Gasteiger partial charge in [-0.25, -0.2) is 0 Å². The number of guanidine groups is 1. The van der Waals surface area contributed by atoms with E-state index in [-0.39, 0.29) is 0 Å². The number of likely N-dealkylation sites (tertiary alicyclic amines) is 1. The molecule has 1 aliphatic carbocycles. The van der Waals surface area contributed by atoms with Crippen LogP contribution in [0.5, 0.6) is 5.75 Å². The van der Waals surface area contributed by atoms with Crippen LogP contribution in [0.2, 0.25) is 0 Å². The van der Waals surface area contributed by atoms with Crippen molar-refractivity contribution in [2.45, 2.75) is 31.7 Å². The number of benzene rings is 1. The van der Waals surface area contributed by atoms with Crippen LogP contribution in [-0.2, 0) is 0 Å². The molecule has 4 rings (SSSR count). The number of nitrogens with zero attached hydrogens (tertiary/aromatic N) is 3. The molecule has 5 nitrogen and oxygen atoms in total. The summed E-state index contributed by atoms with van der Waals surface area (Å²) in [4.78, 5) is 9.57. The molecule has 5 heteroatoms. The Hall–Kier alpha value is -2.01. The Morgan fingerprint density at radius 1 is 1.26 bits per heavy atom. The van der Waals surface area contributed by atoms with E-state index in [0.29, 0.717) is 0 Å². The molecular weight excluding hydrogens is 336 g/mol. The lowest BCUT2D eigenvalue weighted by Crippen LogP contribution is -2.45. The molecule has 1 saturated heterocycles. The van der Waals surface area contributed by atoms with Gasteiger partial charge in [0, 0.05) is 39.3 Å². The summed E-state index contributed by atoms with van der Waals surface area (Å²) in [5.41, 5.74) is 2.67. The number of rotatable bonds is 5. The molecule has 27 heavy (non-hydrogen) atoms. The molecular formula is C22H32N4O. The topological polar surface area (TPSA) is 40.1 Å². The fourth-order valence-electron chi connectivity index (χ4n) is 4.31. The average molecular weight is 369 g/mol. The van der Waals surface area contributed by atoms with Gasteiger partial charge in [0.2, 0.25) is 0 Å². The molecule has 0 bridgehead atoms. The van der Waals surface area contributed by atoms with Gasteiger partial charge in [-0.3, -0.25) is 4.99 Å². The molecule has 2 aliphatic heterocycles. The van der Waals surface area contributed by atoms with E-state index in [1.54, 1.807) is 7.11 Å². The monoisotopic (exact) mass is 368 g/mol. The van der Waals surface area contributed by atoms with E-state index in [9.17, 15) is 0 Å². The van der Waals surface area contributed by atoms with Crippen molar-refractivity contribution in [1.29, 1.82) is 0 Å². The molecule has 1 aromatic carbocycles. The van der Waals surface area contributed by atoms with E-state index in [1.165, 1.54) is 43.5 Å². The summed E-state index contributed by atoms with van der Waals surface area (Å²) in [5, 5.41) is 3.63. The van der Waals surface area contributed by atoms with Crippen LogP contribution in [-0.4, -0.2) is 68.7 Å². The lowest BCUT2D eigenvalue weighted by Gasteiger charge is -2.30. The van der Waals surface area contributed by atoms with Gasteiger partial charge in [-0.1, -0.05) is 18.2 Å². The van der Waals surface area contributed by atoms with Crippen LogP contribution in [0, 0.1) is 5.92 Å². The fraction of sp³-hybridized carbons (Fsp3) is 0.591. The van der Waals surface area contributed by atoms with Crippen molar-refractivity contribution < 1.29 is 4.74 Å². The Morgan fingerprint density at radius 3 is 2.85 bits per heavy atom. The highest BCUT2D eigenvalue weighted by molar-refractivity contribution is 5.81. The molecule has 3 aliphatic rings. The molecule has 146 valence electrons. The maximum absolute atomic E-state index is 5.36. The fourth-order valence-corrected chi connectivity index (χ4v) is 4.31. The van der Waals surface area contributed by atoms with Crippen molar-refractivity contribution in [3.8, 4) is 5.75 Å². The molecule has 1 atom stereocenters. The molecule has 1 aromatic rings. The van der Waals surface area contributed by atoms with Crippen LogP contribution in [0.3, 0.4) is 0 Å². The standard InChI is InChI=1S/C22H32N4O/c1-23-22(24-15-17-8-11-26(16-17)20-6-7-20)25-12-9-18(10-13-25)19-4-3-5-21(14-19)27-2/h3-5,9,14,17,20H,6-8,10-13,15-16H2,1-2H3,(H,23,24). The summed E-state index contributed by atoms with van der Waals surface area (Å²) in [6.07, 6.45) is 7.51. The van der Waals surface area contributed by atoms with Crippen LogP contribution in [0.25, 0.3) is 5.57 Å². The first-order valence-corrected chi connectivity index (χ1v) is 10.3. The summed E-state index contributed by atoms with van der Waals surface area (Å²) < 4.78 is 5.36. The number of methoxy groups -OCH3 is 1. The van der Waals surface area contributed by atoms with Crippen LogP contribution in [0.15, 0.2) is 35.3 Å². The largest absolute Gasteiger partial charge is 0.497 e. The van der Waals surface area contributed by atoms with Crippen molar-refractivity contribution >= 4 is 11.5 Å². The Morgan fingerprint density at radius 2 is 2.15 bits per heavy atom. The minimum atomic E-state index is 0.759. The van der Waals surface area contributed by atoms with Crippen molar-refractivity contribution in [3.63, 3.8) is 0 Å². The first kappa shape index (κ1) is 18.4. The third-order valence-electron chi connectivity index (χ3n) is 6.09. The van der Waals surface area contributed by atoms with Gasteiger partial charge in [-0.15, -0.1) is 0 Å². The molecule has 2 fully saturated rings. The van der Waals surface area contributed by atoms with Crippen LogP contribution in [0.4, 0.5) is 0 Å². The van der Waals surface area contributed by atoms with Gasteiger partial charge in [0.1, 0.15) is 5.75 Å². The van der Waals surface area contributed by atoms with Crippen molar-refractivity contribution in [3.05, 3.63) is 35.9 Å². The number of hydrogen-bond donors (Lipinski definition) is 1. The van der Waals surface area contributed by atoms with Crippen LogP contribution < -0.4 is 10.1 Å². The van der Waals surface area contributed by atoms with Gasteiger partial charge in [0.05, 0.1) is 7.11 Å². The van der Waals surface area contributed by atoms with Gasteiger partial charge in [-0.2, -0.15) is 0 Å². The molecule has 0 spiro atoms. The van der Waals surface area contributed by atoms with E-state index in [4.69, 9.17) is 4.74 Å². The molecule has 2 heterocycles. The minimum Gasteiger partial charge on any atom is -0.497 e. The molecule has 1 unspecified atom stereocenters. The van der Waals surface area contributed by atoms with Crippen molar-refractivity contribution in [1.82, 2.24) is 15.1 Å². The van der Waals surface area contributed by atoms with Gasteiger partial charge in [0.25, 0.3) is 0 Å². The zero-order valence-corrected chi connectivity index (χ0v) is 16.7. The predicted molar refractivity (Wildman–Crippen MR) is 111 cm³/mol. The molecule has 0 aromatic heterocycles. The quantitative estimate of drug-likeness (QED) is 0.641. The summed E-state index contributed by atoms with van der Waals surface area (Å²) >= 11 is 0. The zero-order chi connectivity index (χ0) is 18.6. The van der Waals surface area contributed by atoms with Gasteiger partial charge in [0.15, 0.2) is 5.96 Å². The second-order valence-corrected chi connectivity index (χ2v) is 7.97. The third-order valence-corrected chi connectivity index (χ3v) is 6.09. The molecule has 1 N–H and O–H groups in total. The zero-order valence-electron chi connectivity index (χ0n) is 16.7. The SMILES string of the molecule is CN=C(NCC1CCN(C2CC2)C1)N1CC=C(c2cccc(OC)c2)CC1. The number of nitrogens with one attached hydrogen (secondary N) is 1. The van der Waals surface area contributed by atoms with Gasteiger partial charge < -0.3 is 19.9 Å². The Balaban J connectivity index is 1.30. The maximum Gasteiger partial charge on any atom is 0.193 e. The summed E-state index contributed by atoms with van der Waals surface area (Å²) in [6, 6.07) is 9.26. The van der Waals surface area contributed by atoms with Crippen LogP contribution >= 0.6 is 0 Å². The first-order valence-electron chi connectivity index (χ1n) is 10.3. The number of aliphatic imine (C=N–C) groups is 1. The van der Waals surface area contributed by atoms with E-state index >= 15 is 0 Å². The molecule has 1 saturated carbocycles. The molecule has 0 radical (unpaired) electrons. The summed E-state index contributed by atoms with van der Waals surface area (Å²) in [5.74, 6) is 2.72. The Kier molecular flexibility index (Phi) is 5.67. The summed E-state index contributed by atoms with van der Waals surface area (Å²) in [7, 11) is 3.62. The van der Waals surface area contributed by atoms with E-state index < -0.39 is 0 Å². The second kappa shape index (κ2) is 8.34. The number of ether oxygens (including phenoxy) is 1. The third kappa shape index (κ3) is 4.46. The lowest BCUT2D eigenvalue weighted by molar-refractivity contribution is 0.313. The van der Waals surface area contributed by atoms with Crippen molar-refractivity contribution in [2.24, 2.45) is 10.9 Å². The first-order chi connectivity index (χ1) is 13.3. The second-order valence-electron chi connectivity index (χ2n) is 7.97. The van der Waals surface area contributed by atoms with Crippen LogP contribution in [0.1, 0.15) is 31.2 Å². The van der Waals surface area contributed by atoms with E-state index in [2.05, 4.69) is 44.4 Å². The number of hydrogen-bond acceptors (Lipinski definition) is 3. The smallest absolute Gasteiger partial charge is 0.193 e. The normalized spacial score (nSPS) is 24.1. The Bertz CT molecular complexity index is 710. The highest BCUT2D eigenvalue weighted by atomic mass is 16.5. The van der Waals surface area contributed by atoms with E-state index in [0.717, 1.165) is 49.7 Å². The minimum absolute atomic E-state index is 0.759.